The van der Waals surface area contributed by atoms with Crippen molar-refractivity contribution in [1.82, 2.24) is 15.2 Å². The van der Waals surface area contributed by atoms with Crippen LogP contribution in [0.1, 0.15) is 50.3 Å². The highest BCUT2D eigenvalue weighted by Crippen LogP contribution is 2.39. The van der Waals surface area contributed by atoms with Gasteiger partial charge in [-0.1, -0.05) is 25.7 Å². The first-order chi connectivity index (χ1) is 8.73. The van der Waals surface area contributed by atoms with Gasteiger partial charge in [0, 0.05) is 20.4 Å². The number of nitrogens with one attached hydrogen (secondary N) is 1. The van der Waals surface area contributed by atoms with E-state index in [0.717, 1.165) is 18.5 Å². The normalized spacial score (nSPS) is 21.5. The van der Waals surface area contributed by atoms with Crippen LogP contribution in [0.25, 0.3) is 0 Å². The fourth-order valence-corrected chi connectivity index (χ4v) is 3.11. The molecule has 0 aromatic carbocycles. The Hall–Kier alpha value is -0.910. The number of nitrogens with two attached hydrogens (primary N) is 1. The Morgan fingerprint density at radius 1 is 1.39 bits per heavy atom. The summed E-state index contributed by atoms with van der Waals surface area (Å²) in [5, 5.41) is 4.23. The Labute approximate surface area is 109 Å². The van der Waals surface area contributed by atoms with E-state index in [0.29, 0.717) is 0 Å². The van der Waals surface area contributed by atoms with E-state index in [1.54, 1.807) is 13.3 Å². The van der Waals surface area contributed by atoms with E-state index in [1.165, 1.54) is 25.7 Å². The van der Waals surface area contributed by atoms with Crippen LogP contribution in [0.4, 0.5) is 0 Å². The van der Waals surface area contributed by atoms with Gasteiger partial charge in [-0.25, -0.2) is 5.43 Å². The Morgan fingerprint density at radius 2 is 2.06 bits per heavy atom. The van der Waals surface area contributed by atoms with Crippen molar-refractivity contribution in [2.24, 2.45) is 12.9 Å². The highest BCUT2D eigenvalue weighted by molar-refractivity contribution is 5.13. The molecule has 1 aromatic rings. The summed E-state index contributed by atoms with van der Waals surface area (Å²) in [5.74, 6) is 5.80. The second-order valence-corrected chi connectivity index (χ2v) is 5.16. The van der Waals surface area contributed by atoms with E-state index in [1.807, 2.05) is 17.8 Å². The molecule has 102 valence electrons. The molecule has 1 atom stereocenters. The Bertz CT molecular complexity index is 369. The Kier molecular flexibility index (Phi) is 4.37. The third-order valence-electron chi connectivity index (χ3n) is 4.20. The second-order valence-electron chi connectivity index (χ2n) is 5.16. The molecule has 0 amide bonds. The van der Waals surface area contributed by atoms with Crippen LogP contribution in [-0.2, 0) is 11.8 Å². The zero-order valence-electron chi connectivity index (χ0n) is 11.4. The number of hydrazine groups is 1. The molecule has 0 radical (unpaired) electrons. The van der Waals surface area contributed by atoms with Crippen molar-refractivity contribution in [3.63, 3.8) is 0 Å². The minimum atomic E-state index is -0.209. The van der Waals surface area contributed by atoms with E-state index in [4.69, 9.17) is 10.6 Å². The third-order valence-corrected chi connectivity index (χ3v) is 4.20. The lowest BCUT2D eigenvalue weighted by molar-refractivity contribution is -0.0560. The standard InChI is InChI=1S/C13H24N4O/c1-17-11(7-10-15-17)12(16-14)13(18-2)8-5-3-4-6-9-13/h7,10,12,16H,3-6,8-9,14H2,1-2H3. The first-order valence-electron chi connectivity index (χ1n) is 6.73. The largest absolute Gasteiger partial charge is 0.376 e. The van der Waals surface area contributed by atoms with E-state index >= 15 is 0 Å². The molecule has 1 saturated carbocycles. The Balaban J connectivity index is 2.30. The minimum absolute atomic E-state index is 0.00639. The molecule has 0 spiro atoms. The van der Waals surface area contributed by atoms with E-state index in [-0.39, 0.29) is 11.6 Å². The van der Waals surface area contributed by atoms with Gasteiger partial charge in [-0.15, -0.1) is 0 Å². The van der Waals surface area contributed by atoms with Crippen molar-refractivity contribution in [3.8, 4) is 0 Å². The number of methoxy groups -OCH3 is 1. The number of aryl methyl sites for hydroxylation is 1. The average molecular weight is 252 g/mol. The number of hydrogen-bond donors (Lipinski definition) is 2. The maximum atomic E-state index is 5.91. The van der Waals surface area contributed by atoms with Gasteiger partial charge in [-0.3, -0.25) is 10.5 Å². The number of nitrogens with zero attached hydrogens (tertiary/aromatic N) is 2. The summed E-state index contributed by atoms with van der Waals surface area (Å²) in [7, 11) is 3.74. The van der Waals surface area contributed by atoms with Gasteiger partial charge in [0.1, 0.15) is 0 Å². The lowest BCUT2D eigenvalue weighted by Gasteiger charge is -2.38. The molecule has 1 aliphatic rings. The summed E-state index contributed by atoms with van der Waals surface area (Å²) in [4.78, 5) is 0. The predicted octanol–water partition coefficient (Wildman–Crippen LogP) is 1.66. The number of rotatable bonds is 4. The summed E-state index contributed by atoms with van der Waals surface area (Å²) in [6, 6.07) is 2.00. The molecule has 18 heavy (non-hydrogen) atoms. The quantitative estimate of drug-likeness (QED) is 0.486. The fraction of sp³-hybridized carbons (Fsp3) is 0.769. The van der Waals surface area contributed by atoms with Crippen molar-refractivity contribution in [1.29, 1.82) is 0 Å². The van der Waals surface area contributed by atoms with Crippen LogP contribution in [0.5, 0.6) is 0 Å². The molecule has 3 N–H and O–H groups in total. The number of aromatic nitrogens is 2. The maximum Gasteiger partial charge on any atom is 0.0918 e. The molecule has 5 heteroatoms. The number of hydrogen-bond acceptors (Lipinski definition) is 4. The van der Waals surface area contributed by atoms with Crippen LogP contribution in [0.15, 0.2) is 12.3 Å². The summed E-state index contributed by atoms with van der Waals surface area (Å²) < 4.78 is 7.78. The number of ether oxygens (including phenoxy) is 1. The predicted molar refractivity (Wildman–Crippen MR) is 70.7 cm³/mol. The van der Waals surface area contributed by atoms with Gasteiger partial charge in [0.25, 0.3) is 0 Å². The zero-order valence-corrected chi connectivity index (χ0v) is 11.4. The van der Waals surface area contributed by atoms with Crippen LogP contribution in [0.3, 0.4) is 0 Å². The van der Waals surface area contributed by atoms with Crippen LogP contribution in [-0.4, -0.2) is 22.5 Å². The second kappa shape index (κ2) is 5.82. The highest BCUT2D eigenvalue weighted by atomic mass is 16.5. The van der Waals surface area contributed by atoms with E-state index in [2.05, 4.69) is 10.5 Å². The average Bonchev–Trinajstić information content (AvgIpc) is 2.67. The van der Waals surface area contributed by atoms with Crippen molar-refractivity contribution in [2.75, 3.05) is 7.11 Å². The molecule has 5 nitrogen and oxygen atoms in total. The molecule has 1 heterocycles. The monoisotopic (exact) mass is 252 g/mol. The molecule has 1 aromatic heterocycles. The van der Waals surface area contributed by atoms with E-state index < -0.39 is 0 Å². The van der Waals surface area contributed by atoms with Crippen molar-refractivity contribution < 1.29 is 4.74 Å². The molecule has 1 unspecified atom stereocenters. The first kappa shape index (κ1) is 13.5. The molecule has 2 rings (SSSR count). The van der Waals surface area contributed by atoms with Crippen LogP contribution in [0.2, 0.25) is 0 Å². The van der Waals surface area contributed by atoms with Gasteiger partial charge in [0.05, 0.1) is 17.3 Å². The van der Waals surface area contributed by atoms with Gasteiger partial charge in [0.15, 0.2) is 0 Å². The minimum Gasteiger partial charge on any atom is -0.376 e. The van der Waals surface area contributed by atoms with E-state index in [9.17, 15) is 0 Å². The molecule has 1 fully saturated rings. The molecule has 0 aliphatic heterocycles. The Morgan fingerprint density at radius 3 is 2.50 bits per heavy atom. The van der Waals surface area contributed by atoms with Crippen molar-refractivity contribution >= 4 is 0 Å². The summed E-state index contributed by atoms with van der Waals surface area (Å²) in [5.41, 5.74) is 3.82. The van der Waals surface area contributed by atoms with Crippen LogP contribution in [0, 0.1) is 0 Å². The van der Waals surface area contributed by atoms with Gasteiger partial charge < -0.3 is 4.74 Å². The zero-order chi connectivity index (χ0) is 13.0. The van der Waals surface area contributed by atoms with Gasteiger partial charge in [-0.05, 0) is 18.9 Å². The van der Waals surface area contributed by atoms with Gasteiger partial charge in [0.2, 0.25) is 0 Å². The summed E-state index contributed by atoms with van der Waals surface area (Å²) >= 11 is 0. The summed E-state index contributed by atoms with van der Waals surface area (Å²) in [6.45, 7) is 0. The third kappa shape index (κ3) is 2.43. The van der Waals surface area contributed by atoms with Crippen molar-refractivity contribution in [3.05, 3.63) is 18.0 Å². The molecule has 0 bridgehead atoms. The van der Waals surface area contributed by atoms with Crippen LogP contribution >= 0.6 is 0 Å². The molecular formula is C13H24N4O. The fourth-order valence-electron chi connectivity index (χ4n) is 3.11. The summed E-state index contributed by atoms with van der Waals surface area (Å²) in [6.07, 6.45) is 8.86. The maximum absolute atomic E-state index is 5.91. The van der Waals surface area contributed by atoms with Crippen LogP contribution < -0.4 is 11.3 Å². The molecule has 0 saturated heterocycles. The lowest BCUT2D eigenvalue weighted by Crippen LogP contribution is -2.48. The first-order valence-corrected chi connectivity index (χ1v) is 6.73. The lowest BCUT2D eigenvalue weighted by atomic mass is 9.84. The van der Waals surface area contributed by atoms with Gasteiger partial charge in [-0.2, -0.15) is 5.10 Å². The molecular weight excluding hydrogens is 228 g/mol. The SMILES string of the molecule is COC1(C(NN)c2ccnn2C)CCCCCC1. The molecule has 1 aliphatic carbocycles. The van der Waals surface area contributed by atoms with Gasteiger partial charge >= 0.3 is 0 Å². The highest BCUT2D eigenvalue weighted by Gasteiger charge is 2.40. The van der Waals surface area contributed by atoms with Crippen molar-refractivity contribution in [2.45, 2.75) is 50.2 Å². The topological polar surface area (TPSA) is 65.1 Å². The smallest absolute Gasteiger partial charge is 0.0918 e.